The minimum atomic E-state index is -0.222. The Hall–Kier alpha value is -3.44. The van der Waals surface area contributed by atoms with Crippen LogP contribution in [0, 0.1) is 5.82 Å². The number of piperazine rings is 1. The SMILES string of the molecule is CC1CN(c2ccc(N/C=C3\CN=Cc4ccc(-c5ccc(F)cc5)cc43)cc2)CC(C)N1. The number of hydrogen-bond acceptors (Lipinski definition) is 4. The molecule has 2 atom stereocenters. The fourth-order valence-electron chi connectivity index (χ4n) is 4.70. The van der Waals surface area contributed by atoms with Gasteiger partial charge in [-0.15, -0.1) is 0 Å². The smallest absolute Gasteiger partial charge is 0.123 e. The third-order valence-electron chi connectivity index (χ3n) is 6.27. The molecule has 5 rings (SSSR count). The zero-order chi connectivity index (χ0) is 22.8. The van der Waals surface area contributed by atoms with Crippen molar-refractivity contribution in [1.82, 2.24) is 5.32 Å². The summed E-state index contributed by atoms with van der Waals surface area (Å²) >= 11 is 0. The van der Waals surface area contributed by atoms with Gasteiger partial charge in [-0.1, -0.05) is 24.3 Å². The van der Waals surface area contributed by atoms with Crippen molar-refractivity contribution in [2.75, 3.05) is 29.9 Å². The van der Waals surface area contributed by atoms with Gasteiger partial charge in [0.1, 0.15) is 5.82 Å². The molecule has 0 radical (unpaired) electrons. The quantitative estimate of drug-likeness (QED) is 0.558. The predicted molar refractivity (Wildman–Crippen MR) is 137 cm³/mol. The summed E-state index contributed by atoms with van der Waals surface area (Å²) in [6.07, 6.45) is 3.97. The van der Waals surface area contributed by atoms with E-state index >= 15 is 0 Å². The first-order valence-electron chi connectivity index (χ1n) is 11.5. The van der Waals surface area contributed by atoms with Gasteiger partial charge < -0.3 is 15.5 Å². The molecule has 4 nitrogen and oxygen atoms in total. The fraction of sp³-hybridized carbons (Fsp3) is 0.250. The Kier molecular flexibility index (Phi) is 5.97. The lowest BCUT2D eigenvalue weighted by Crippen LogP contribution is -2.54. The van der Waals surface area contributed by atoms with Crippen LogP contribution in [0.4, 0.5) is 15.8 Å². The molecule has 1 saturated heterocycles. The Morgan fingerprint density at radius 1 is 0.939 bits per heavy atom. The van der Waals surface area contributed by atoms with Crippen molar-refractivity contribution in [3.8, 4) is 11.1 Å². The number of benzene rings is 3. The van der Waals surface area contributed by atoms with Crippen LogP contribution in [0.15, 0.2) is 77.9 Å². The molecule has 3 aromatic rings. The zero-order valence-corrected chi connectivity index (χ0v) is 19.1. The fourth-order valence-corrected chi connectivity index (χ4v) is 4.70. The molecule has 0 spiro atoms. The number of nitrogens with zero attached hydrogens (tertiary/aromatic N) is 2. The average Bonchev–Trinajstić information content (AvgIpc) is 2.82. The summed E-state index contributed by atoms with van der Waals surface area (Å²) < 4.78 is 13.3. The lowest BCUT2D eigenvalue weighted by molar-refractivity contribution is 0.407. The van der Waals surface area contributed by atoms with Crippen LogP contribution in [0.2, 0.25) is 0 Å². The number of anilines is 2. The topological polar surface area (TPSA) is 39.7 Å². The third kappa shape index (κ3) is 4.83. The van der Waals surface area contributed by atoms with E-state index in [9.17, 15) is 4.39 Å². The van der Waals surface area contributed by atoms with Gasteiger partial charge in [0.15, 0.2) is 0 Å². The summed E-state index contributed by atoms with van der Waals surface area (Å²) in [5.41, 5.74) is 7.75. The minimum absolute atomic E-state index is 0.222. The number of fused-ring (bicyclic) bond motifs is 1. The molecule has 5 heteroatoms. The van der Waals surface area contributed by atoms with E-state index in [4.69, 9.17) is 0 Å². The van der Waals surface area contributed by atoms with E-state index in [1.807, 2.05) is 24.5 Å². The summed E-state index contributed by atoms with van der Waals surface area (Å²) in [7, 11) is 0. The summed E-state index contributed by atoms with van der Waals surface area (Å²) in [6, 6.07) is 22.5. The second-order valence-electron chi connectivity index (χ2n) is 9.01. The molecule has 3 aromatic carbocycles. The number of nitrogens with one attached hydrogen (secondary N) is 2. The van der Waals surface area contributed by atoms with Crippen LogP contribution < -0.4 is 15.5 Å². The second-order valence-corrected chi connectivity index (χ2v) is 9.01. The maximum atomic E-state index is 13.3. The standard InChI is InChI=1S/C28H29FN4/c1-19-17-33(18-20(2)32-19)27-11-9-26(10-12-27)31-16-24-15-30-14-23-4-3-22(13-28(23)24)21-5-7-25(29)8-6-21/h3-14,16,19-20,31-32H,15,17-18H2,1-2H3/b24-16+. The largest absolute Gasteiger partial charge is 0.368 e. The highest BCUT2D eigenvalue weighted by Crippen LogP contribution is 2.29. The molecule has 1 fully saturated rings. The lowest BCUT2D eigenvalue weighted by atomic mass is 9.94. The van der Waals surface area contributed by atoms with E-state index in [1.54, 1.807) is 0 Å². The van der Waals surface area contributed by atoms with Gasteiger partial charge in [-0.2, -0.15) is 0 Å². The Labute approximate surface area is 194 Å². The summed E-state index contributed by atoms with van der Waals surface area (Å²) in [6.45, 7) is 7.13. The molecule has 0 aromatic heterocycles. The maximum absolute atomic E-state index is 13.3. The lowest BCUT2D eigenvalue weighted by Gasteiger charge is -2.37. The Balaban J connectivity index is 1.34. The molecule has 0 amide bonds. The van der Waals surface area contributed by atoms with E-state index < -0.39 is 0 Å². The summed E-state index contributed by atoms with van der Waals surface area (Å²) in [4.78, 5) is 6.96. The van der Waals surface area contributed by atoms with Crippen molar-refractivity contribution in [2.45, 2.75) is 25.9 Å². The Morgan fingerprint density at radius 2 is 1.64 bits per heavy atom. The van der Waals surface area contributed by atoms with Gasteiger partial charge in [-0.3, -0.25) is 4.99 Å². The van der Waals surface area contributed by atoms with Crippen LogP contribution in [0.3, 0.4) is 0 Å². The number of aliphatic imine (C=N–C) groups is 1. The van der Waals surface area contributed by atoms with Gasteiger partial charge in [0.25, 0.3) is 0 Å². The normalized spacial score (nSPS) is 21.2. The predicted octanol–water partition coefficient (Wildman–Crippen LogP) is 5.56. The van der Waals surface area contributed by atoms with Gasteiger partial charge in [0, 0.05) is 49.0 Å². The molecule has 2 aliphatic heterocycles. The number of halogens is 1. The Morgan fingerprint density at radius 3 is 2.36 bits per heavy atom. The highest BCUT2D eigenvalue weighted by atomic mass is 19.1. The molecule has 2 aliphatic rings. The molecular formula is C28H29FN4. The molecule has 0 saturated carbocycles. The van der Waals surface area contributed by atoms with Crippen molar-refractivity contribution >= 4 is 23.2 Å². The number of hydrogen-bond donors (Lipinski definition) is 2. The zero-order valence-electron chi connectivity index (χ0n) is 19.1. The molecule has 2 unspecified atom stereocenters. The molecule has 33 heavy (non-hydrogen) atoms. The van der Waals surface area contributed by atoms with Crippen LogP contribution in [-0.4, -0.2) is 37.9 Å². The summed E-state index contributed by atoms with van der Waals surface area (Å²) in [5, 5.41) is 7.04. The first-order chi connectivity index (χ1) is 16.0. The monoisotopic (exact) mass is 440 g/mol. The van der Waals surface area contributed by atoms with Crippen LogP contribution in [0.1, 0.15) is 25.0 Å². The van der Waals surface area contributed by atoms with Crippen molar-refractivity contribution < 1.29 is 4.39 Å². The molecule has 2 heterocycles. The van der Waals surface area contributed by atoms with Gasteiger partial charge >= 0.3 is 0 Å². The van der Waals surface area contributed by atoms with Crippen molar-refractivity contribution in [2.24, 2.45) is 4.99 Å². The first-order valence-corrected chi connectivity index (χ1v) is 11.5. The van der Waals surface area contributed by atoms with Crippen LogP contribution in [0.5, 0.6) is 0 Å². The van der Waals surface area contributed by atoms with Gasteiger partial charge in [0.05, 0.1) is 6.54 Å². The van der Waals surface area contributed by atoms with Gasteiger partial charge in [-0.05, 0) is 84.1 Å². The van der Waals surface area contributed by atoms with Crippen molar-refractivity contribution in [1.29, 1.82) is 0 Å². The van der Waals surface area contributed by atoms with E-state index in [1.165, 1.54) is 17.8 Å². The van der Waals surface area contributed by atoms with E-state index in [0.717, 1.165) is 46.6 Å². The van der Waals surface area contributed by atoms with Crippen LogP contribution in [0.25, 0.3) is 16.7 Å². The van der Waals surface area contributed by atoms with Crippen LogP contribution in [-0.2, 0) is 0 Å². The summed E-state index contributed by atoms with van der Waals surface area (Å²) in [5.74, 6) is -0.222. The Bertz CT molecular complexity index is 1170. The first kappa shape index (κ1) is 21.4. The van der Waals surface area contributed by atoms with Crippen molar-refractivity contribution in [3.63, 3.8) is 0 Å². The van der Waals surface area contributed by atoms with E-state index in [0.29, 0.717) is 18.6 Å². The third-order valence-corrected chi connectivity index (χ3v) is 6.27. The van der Waals surface area contributed by atoms with Gasteiger partial charge in [0.2, 0.25) is 0 Å². The molecular weight excluding hydrogens is 411 g/mol. The van der Waals surface area contributed by atoms with E-state index in [2.05, 4.69) is 76.8 Å². The second kappa shape index (κ2) is 9.20. The van der Waals surface area contributed by atoms with Crippen LogP contribution >= 0.6 is 0 Å². The number of rotatable bonds is 4. The average molecular weight is 441 g/mol. The highest BCUT2D eigenvalue weighted by molar-refractivity contribution is 5.94. The molecule has 168 valence electrons. The molecule has 2 N–H and O–H groups in total. The van der Waals surface area contributed by atoms with E-state index in [-0.39, 0.29) is 5.82 Å². The maximum Gasteiger partial charge on any atom is 0.123 e. The van der Waals surface area contributed by atoms with Crippen molar-refractivity contribution in [3.05, 3.63) is 89.9 Å². The minimum Gasteiger partial charge on any atom is -0.368 e. The molecule has 0 aliphatic carbocycles. The highest BCUT2D eigenvalue weighted by Gasteiger charge is 2.21. The molecule has 0 bridgehead atoms. The van der Waals surface area contributed by atoms with Gasteiger partial charge in [-0.25, -0.2) is 4.39 Å².